The Hall–Kier alpha value is -1.90. The molecule has 0 bridgehead atoms. The fraction of sp³-hybridized carbons (Fsp3) is 0.455. The van der Waals surface area contributed by atoms with E-state index in [-0.39, 0.29) is 15.2 Å². The van der Waals surface area contributed by atoms with Crippen LogP contribution in [0.3, 0.4) is 0 Å². The lowest BCUT2D eigenvalue weighted by molar-refractivity contribution is 0.424. The van der Waals surface area contributed by atoms with E-state index in [0.29, 0.717) is 18.8 Å². The molecule has 2 aromatic carbocycles. The van der Waals surface area contributed by atoms with Crippen molar-refractivity contribution in [2.45, 2.75) is 61.7 Å². The van der Waals surface area contributed by atoms with Gasteiger partial charge < -0.3 is 0 Å². The Kier molecular flexibility index (Phi) is 6.60. The van der Waals surface area contributed by atoms with E-state index in [2.05, 4.69) is 25.5 Å². The summed E-state index contributed by atoms with van der Waals surface area (Å²) in [6, 6.07) is 12.7. The lowest BCUT2D eigenvalue weighted by atomic mass is 9.87. The van der Waals surface area contributed by atoms with Crippen LogP contribution in [0.15, 0.2) is 58.3 Å². The number of nitrogens with one attached hydrogen (secondary N) is 1. The molecule has 1 saturated heterocycles. The van der Waals surface area contributed by atoms with Gasteiger partial charge in [0.05, 0.1) is 9.79 Å². The summed E-state index contributed by atoms with van der Waals surface area (Å²) in [5.41, 5.74) is 1.30. The van der Waals surface area contributed by atoms with Crippen molar-refractivity contribution in [2.24, 2.45) is 0 Å². The molecule has 0 saturated carbocycles. The van der Waals surface area contributed by atoms with Gasteiger partial charge in [-0.15, -0.1) is 0 Å². The van der Waals surface area contributed by atoms with Crippen LogP contribution in [0.25, 0.3) is 0 Å². The first kappa shape index (κ1) is 22.8. The molecule has 0 spiro atoms. The summed E-state index contributed by atoms with van der Waals surface area (Å²) < 4.78 is 55.1. The van der Waals surface area contributed by atoms with Crippen molar-refractivity contribution in [1.29, 1.82) is 0 Å². The first-order chi connectivity index (χ1) is 14.0. The zero-order valence-corrected chi connectivity index (χ0v) is 19.4. The van der Waals surface area contributed by atoms with E-state index in [1.54, 1.807) is 12.1 Å². The second kappa shape index (κ2) is 8.69. The summed E-state index contributed by atoms with van der Waals surface area (Å²) in [5.74, 6) is 0. The van der Waals surface area contributed by atoms with Crippen molar-refractivity contribution in [3.63, 3.8) is 0 Å². The summed E-state index contributed by atoms with van der Waals surface area (Å²) >= 11 is 0. The lowest BCUT2D eigenvalue weighted by Crippen LogP contribution is -2.31. The Labute approximate surface area is 180 Å². The predicted molar refractivity (Wildman–Crippen MR) is 120 cm³/mol. The number of anilines is 1. The van der Waals surface area contributed by atoms with Gasteiger partial charge in [-0.1, -0.05) is 45.7 Å². The van der Waals surface area contributed by atoms with Crippen LogP contribution < -0.4 is 4.72 Å². The van der Waals surface area contributed by atoms with Crippen LogP contribution in [0.1, 0.15) is 52.0 Å². The number of benzene rings is 2. The molecular formula is C22H30N2O4S2. The largest absolute Gasteiger partial charge is 0.280 e. The van der Waals surface area contributed by atoms with Gasteiger partial charge in [0, 0.05) is 18.8 Å². The Morgan fingerprint density at radius 2 is 1.23 bits per heavy atom. The highest BCUT2D eigenvalue weighted by atomic mass is 32.2. The van der Waals surface area contributed by atoms with Crippen molar-refractivity contribution in [1.82, 2.24) is 4.31 Å². The summed E-state index contributed by atoms with van der Waals surface area (Å²) in [5, 5.41) is 0. The normalized spacial score (nSPS) is 16.8. The maximum atomic E-state index is 12.9. The van der Waals surface area contributed by atoms with Crippen molar-refractivity contribution >= 4 is 25.7 Å². The van der Waals surface area contributed by atoms with E-state index >= 15 is 0 Å². The van der Waals surface area contributed by atoms with Crippen LogP contribution in [0.5, 0.6) is 0 Å². The molecule has 8 heteroatoms. The fourth-order valence-electron chi connectivity index (χ4n) is 3.47. The molecule has 1 aliphatic rings. The summed E-state index contributed by atoms with van der Waals surface area (Å²) in [6.45, 7) is 7.25. The van der Waals surface area contributed by atoms with Crippen LogP contribution in [-0.2, 0) is 25.5 Å². The fourth-order valence-corrected chi connectivity index (χ4v) is 6.05. The second-order valence-corrected chi connectivity index (χ2v) is 12.3. The molecule has 0 aromatic heterocycles. The first-order valence-corrected chi connectivity index (χ1v) is 13.2. The summed E-state index contributed by atoms with van der Waals surface area (Å²) in [4.78, 5) is 0.346. The zero-order valence-electron chi connectivity index (χ0n) is 17.8. The van der Waals surface area contributed by atoms with Gasteiger partial charge in [-0.3, -0.25) is 4.72 Å². The van der Waals surface area contributed by atoms with E-state index in [4.69, 9.17) is 0 Å². The molecule has 0 amide bonds. The predicted octanol–water partition coefficient (Wildman–Crippen LogP) is 4.35. The number of sulfonamides is 2. The molecule has 6 nitrogen and oxygen atoms in total. The minimum atomic E-state index is -3.76. The van der Waals surface area contributed by atoms with Crippen LogP contribution in [0.4, 0.5) is 5.69 Å². The minimum absolute atomic E-state index is 0.0651. The molecule has 30 heavy (non-hydrogen) atoms. The van der Waals surface area contributed by atoms with E-state index in [9.17, 15) is 16.8 Å². The molecule has 0 atom stereocenters. The number of nitrogens with zero attached hydrogens (tertiary/aromatic N) is 1. The second-order valence-electron chi connectivity index (χ2n) is 8.72. The van der Waals surface area contributed by atoms with Gasteiger partial charge in [-0.05, 0) is 60.2 Å². The van der Waals surface area contributed by atoms with Gasteiger partial charge in [-0.25, -0.2) is 16.8 Å². The topological polar surface area (TPSA) is 83.5 Å². The van der Waals surface area contributed by atoms with Crippen LogP contribution in [0.2, 0.25) is 0 Å². The Morgan fingerprint density at radius 3 is 1.73 bits per heavy atom. The minimum Gasteiger partial charge on any atom is -0.280 e. The highest BCUT2D eigenvalue weighted by Crippen LogP contribution is 2.25. The van der Waals surface area contributed by atoms with Crippen molar-refractivity contribution < 1.29 is 16.8 Å². The molecule has 1 aliphatic heterocycles. The third-order valence-corrected chi connectivity index (χ3v) is 8.65. The average Bonchev–Trinajstić information content (AvgIpc) is 2.98. The quantitative estimate of drug-likeness (QED) is 0.734. The number of rotatable bonds is 5. The number of hydrogen-bond acceptors (Lipinski definition) is 4. The Bertz CT molecular complexity index is 1060. The molecule has 0 unspecified atom stereocenters. The molecule has 1 N–H and O–H groups in total. The first-order valence-electron chi connectivity index (χ1n) is 10.2. The maximum Gasteiger partial charge on any atom is 0.261 e. The third kappa shape index (κ3) is 5.22. The maximum absolute atomic E-state index is 12.9. The van der Waals surface area contributed by atoms with E-state index in [1.165, 1.54) is 28.6 Å². The van der Waals surface area contributed by atoms with Gasteiger partial charge in [0.15, 0.2) is 0 Å². The highest BCUT2D eigenvalue weighted by Gasteiger charge is 2.25. The SMILES string of the molecule is CC(C)(C)c1ccc(S(=O)(=O)Nc2ccc(S(=O)(=O)N3CCCCCC3)cc2)cc1. The number of hydrogen-bond donors (Lipinski definition) is 1. The van der Waals surface area contributed by atoms with E-state index in [1.807, 2.05) is 12.1 Å². The zero-order chi connectivity index (χ0) is 22.0. The molecule has 1 heterocycles. The molecular weight excluding hydrogens is 420 g/mol. The summed E-state index contributed by atoms with van der Waals surface area (Å²) in [6.07, 6.45) is 3.82. The van der Waals surface area contributed by atoms with Crippen molar-refractivity contribution in [3.8, 4) is 0 Å². The highest BCUT2D eigenvalue weighted by molar-refractivity contribution is 7.92. The van der Waals surface area contributed by atoms with Crippen LogP contribution in [-0.4, -0.2) is 34.2 Å². The van der Waals surface area contributed by atoms with Crippen LogP contribution >= 0.6 is 0 Å². The van der Waals surface area contributed by atoms with Gasteiger partial charge in [0.1, 0.15) is 0 Å². The standard InChI is InChI=1S/C22H30N2O4S2/c1-22(2,3)18-8-12-20(13-9-18)29(25,26)23-19-10-14-21(15-11-19)30(27,28)24-16-6-4-5-7-17-24/h8-15,23H,4-7,16-17H2,1-3H3. The van der Waals surface area contributed by atoms with E-state index < -0.39 is 20.0 Å². The van der Waals surface area contributed by atoms with Crippen LogP contribution in [0, 0.1) is 0 Å². The van der Waals surface area contributed by atoms with Gasteiger partial charge >= 0.3 is 0 Å². The smallest absolute Gasteiger partial charge is 0.261 e. The van der Waals surface area contributed by atoms with Gasteiger partial charge in [0.2, 0.25) is 10.0 Å². The Morgan fingerprint density at radius 1 is 0.733 bits per heavy atom. The molecule has 0 aliphatic carbocycles. The Balaban J connectivity index is 1.76. The van der Waals surface area contributed by atoms with Crippen molar-refractivity contribution in [3.05, 3.63) is 54.1 Å². The third-order valence-electron chi connectivity index (χ3n) is 5.34. The summed E-state index contributed by atoms with van der Waals surface area (Å²) in [7, 11) is -7.32. The average molecular weight is 451 g/mol. The molecule has 3 rings (SSSR count). The van der Waals surface area contributed by atoms with E-state index in [0.717, 1.165) is 31.2 Å². The molecule has 164 valence electrons. The lowest BCUT2D eigenvalue weighted by Gasteiger charge is -2.20. The molecule has 2 aromatic rings. The monoisotopic (exact) mass is 450 g/mol. The van der Waals surface area contributed by atoms with Crippen molar-refractivity contribution in [2.75, 3.05) is 17.8 Å². The van der Waals surface area contributed by atoms with Gasteiger partial charge in [0.25, 0.3) is 10.0 Å². The van der Waals surface area contributed by atoms with Gasteiger partial charge in [-0.2, -0.15) is 4.31 Å². The molecule has 1 fully saturated rings. The molecule has 0 radical (unpaired) electrons.